The van der Waals surface area contributed by atoms with Gasteiger partial charge in [0.2, 0.25) is 5.91 Å². The van der Waals surface area contributed by atoms with E-state index in [1.54, 1.807) is 6.07 Å². The molecule has 2 bridgehead atoms. The number of ether oxygens (including phenoxy) is 2. The van der Waals surface area contributed by atoms with Crippen molar-refractivity contribution < 1.29 is 24.2 Å². The van der Waals surface area contributed by atoms with Crippen LogP contribution in [0.3, 0.4) is 0 Å². The zero-order chi connectivity index (χ0) is 36.4. The fraction of sp³-hybridized carbons (Fsp3) is 0.565. The van der Waals surface area contributed by atoms with E-state index in [1.807, 2.05) is 0 Å². The van der Waals surface area contributed by atoms with Gasteiger partial charge in [0, 0.05) is 55.1 Å². The van der Waals surface area contributed by atoms with Crippen LogP contribution < -0.4 is 9.47 Å². The van der Waals surface area contributed by atoms with Gasteiger partial charge in [0.05, 0.1) is 6.04 Å². The average Bonchev–Trinajstić information content (AvgIpc) is 3.92. The predicted molar refractivity (Wildman–Crippen MR) is 207 cm³/mol. The van der Waals surface area contributed by atoms with Crippen LogP contribution in [0.2, 0.25) is 0 Å². The lowest BCUT2D eigenvalue weighted by Crippen LogP contribution is -2.69. The van der Waals surface area contributed by atoms with Gasteiger partial charge in [-0.2, -0.15) is 0 Å². The first-order chi connectivity index (χ1) is 25.9. The Labute approximate surface area is 316 Å². The number of phenolic OH excluding ortho intramolecular Hbond substituents is 1. The lowest BCUT2D eigenvalue weighted by molar-refractivity contribution is -0.143. The zero-order valence-corrected chi connectivity index (χ0v) is 31.6. The summed E-state index contributed by atoms with van der Waals surface area (Å²) < 4.78 is 12.9. The smallest absolute Gasteiger partial charge is 0.308 e. The van der Waals surface area contributed by atoms with E-state index in [1.165, 1.54) is 43.7 Å². The quantitative estimate of drug-likeness (QED) is 0.0857. The van der Waals surface area contributed by atoms with Crippen molar-refractivity contribution in [2.45, 2.75) is 133 Å². The molecule has 5 atom stereocenters. The molecule has 0 aromatic heterocycles. The van der Waals surface area contributed by atoms with Crippen LogP contribution in [0.1, 0.15) is 113 Å². The number of benzene rings is 3. The Morgan fingerprint density at radius 2 is 1.57 bits per heavy atom. The van der Waals surface area contributed by atoms with Crippen LogP contribution in [0.15, 0.2) is 66.7 Å². The number of unbranched alkanes of at least 4 members (excludes halogenated alkanes) is 5. The van der Waals surface area contributed by atoms with E-state index in [2.05, 4.69) is 70.5 Å². The summed E-state index contributed by atoms with van der Waals surface area (Å²) in [4.78, 5) is 31.7. The SMILES string of the molecule is CC(=O)Oc1cc(O)c2c3c1O[C@H]1[C@@H](N(CCCCc4ccccc4)C(=O)CCCCCCCc4ccccc4)CC[C@H]4[C@@H](C2)N(CC2CC2)CC[C@@]341. The van der Waals surface area contributed by atoms with E-state index in [9.17, 15) is 14.7 Å². The van der Waals surface area contributed by atoms with Crippen LogP contribution in [0.25, 0.3) is 0 Å². The third-order valence-electron chi connectivity index (χ3n) is 13.3. The van der Waals surface area contributed by atoms with Gasteiger partial charge in [0.15, 0.2) is 11.5 Å². The number of piperidine rings is 1. The molecule has 3 aromatic carbocycles. The predicted octanol–water partition coefficient (Wildman–Crippen LogP) is 8.57. The van der Waals surface area contributed by atoms with Crippen molar-refractivity contribution >= 4 is 11.9 Å². The molecule has 5 aliphatic rings. The molecule has 8 rings (SSSR count). The third kappa shape index (κ3) is 7.48. The topological polar surface area (TPSA) is 79.3 Å². The van der Waals surface area contributed by atoms with E-state index in [0.29, 0.717) is 29.9 Å². The highest BCUT2D eigenvalue weighted by molar-refractivity contribution is 5.77. The molecule has 1 saturated heterocycles. The Morgan fingerprint density at radius 1 is 0.887 bits per heavy atom. The van der Waals surface area contributed by atoms with Gasteiger partial charge in [-0.1, -0.05) is 79.9 Å². The highest BCUT2D eigenvalue weighted by atomic mass is 16.6. The Bertz CT molecular complexity index is 1740. The summed E-state index contributed by atoms with van der Waals surface area (Å²) in [6, 6.07) is 23.2. The van der Waals surface area contributed by atoms with Crippen molar-refractivity contribution in [2.24, 2.45) is 11.8 Å². The molecule has 1 amide bonds. The maximum atomic E-state index is 14.5. The highest BCUT2D eigenvalue weighted by Crippen LogP contribution is 2.66. The monoisotopic (exact) mass is 718 g/mol. The van der Waals surface area contributed by atoms with E-state index in [0.717, 1.165) is 107 Å². The Kier molecular flexibility index (Phi) is 10.8. The first-order valence-corrected chi connectivity index (χ1v) is 20.8. The summed E-state index contributed by atoms with van der Waals surface area (Å²) in [5.74, 6) is 2.16. The summed E-state index contributed by atoms with van der Waals surface area (Å²) in [5, 5.41) is 11.5. The minimum absolute atomic E-state index is 0.0670. The largest absolute Gasteiger partial charge is 0.508 e. The highest BCUT2D eigenvalue weighted by Gasteiger charge is 2.67. The summed E-state index contributed by atoms with van der Waals surface area (Å²) >= 11 is 0. The first-order valence-electron chi connectivity index (χ1n) is 20.8. The van der Waals surface area contributed by atoms with Crippen molar-refractivity contribution in [1.29, 1.82) is 0 Å². The Balaban J connectivity index is 1.02. The van der Waals surface area contributed by atoms with Crippen molar-refractivity contribution in [2.75, 3.05) is 19.6 Å². The lowest BCUT2D eigenvalue weighted by Gasteiger charge is -2.60. The number of amides is 1. The minimum atomic E-state index is -0.423. The summed E-state index contributed by atoms with van der Waals surface area (Å²) in [6.07, 6.45) is 16.2. The van der Waals surface area contributed by atoms with Gasteiger partial charge in [0.1, 0.15) is 11.9 Å². The molecule has 3 aromatic rings. The molecule has 3 fully saturated rings. The number of phenols is 1. The third-order valence-corrected chi connectivity index (χ3v) is 13.3. The number of hydrogen-bond donors (Lipinski definition) is 1. The summed E-state index contributed by atoms with van der Waals surface area (Å²) in [7, 11) is 0. The van der Waals surface area contributed by atoms with Crippen LogP contribution >= 0.6 is 0 Å². The number of nitrogens with zero attached hydrogens (tertiary/aromatic N) is 2. The summed E-state index contributed by atoms with van der Waals surface area (Å²) in [5.41, 5.74) is 4.46. The Morgan fingerprint density at radius 3 is 2.26 bits per heavy atom. The van der Waals surface area contributed by atoms with Crippen LogP contribution in [0.4, 0.5) is 0 Å². The molecule has 53 heavy (non-hydrogen) atoms. The molecule has 0 radical (unpaired) electrons. The van der Waals surface area contributed by atoms with Gasteiger partial charge < -0.3 is 19.5 Å². The van der Waals surface area contributed by atoms with E-state index in [-0.39, 0.29) is 29.2 Å². The number of aromatic hydroxyl groups is 1. The second-order valence-corrected chi connectivity index (χ2v) is 16.7. The first kappa shape index (κ1) is 36.2. The van der Waals surface area contributed by atoms with Crippen LogP contribution in [-0.2, 0) is 34.3 Å². The normalized spacial score (nSPS) is 25.4. The molecule has 0 unspecified atom stereocenters. The zero-order valence-electron chi connectivity index (χ0n) is 31.6. The second kappa shape index (κ2) is 15.9. The fourth-order valence-corrected chi connectivity index (χ4v) is 10.7. The standard InChI is InChI=1S/C46H58N2O5/c1-32(49)52-41-30-40(50)36-29-39-37-24-25-38(45-46(37,43(36)44(41)53-45)26-28-47(39)31-35-22-23-35)48(27-14-13-20-34-18-10-6-11-19-34)42(51)21-12-4-2-3-7-15-33-16-8-5-9-17-33/h5-6,8-11,16-19,30,35,37-39,45,50H,2-4,7,12-15,20-29,31H2,1H3/t37-,38-,39+,45-,46-/m0/s1. The molecular weight excluding hydrogens is 661 g/mol. The van der Waals surface area contributed by atoms with Gasteiger partial charge in [-0.25, -0.2) is 0 Å². The number of carbonyl (C=O) groups excluding carboxylic acids is 2. The second-order valence-electron chi connectivity index (χ2n) is 16.7. The fourth-order valence-electron chi connectivity index (χ4n) is 10.7. The molecular formula is C46H58N2O5. The van der Waals surface area contributed by atoms with Gasteiger partial charge in [0.25, 0.3) is 0 Å². The van der Waals surface area contributed by atoms with Crippen molar-refractivity contribution in [3.63, 3.8) is 0 Å². The number of carbonyl (C=O) groups is 2. The van der Waals surface area contributed by atoms with Crippen molar-refractivity contribution in [1.82, 2.24) is 9.80 Å². The van der Waals surface area contributed by atoms with E-state index < -0.39 is 5.97 Å². The van der Waals surface area contributed by atoms with Crippen LogP contribution in [0, 0.1) is 11.8 Å². The molecule has 1 spiro atoms. The van der Waals surface area contributed by atoms with Gasteiger partial charge in [-0.05, 0) is 107 Å². The van der Waals surface area contributed by atoms with Crippen molar-refractivity contribution in [3.05, 3.63) is 89.0 Å². The molecule has 3 aliphatic carbocycles. The number of rotatable bonds is 17. The molecule has 7 nitrogen and oxygen atoms in total. The van der Waals surface area contributed by atoms with Gasteiger partial charge >= 0.3 is 5.97 Å². The molecule has 2 heterocycles. The average molecular weight is 719 g/mol. The van der Waals surface area contributed by atoms with E-state index >= 15 is 0 Å². The maximum Gasteiger partial charge on any atom is 0.308 e. The molecule has 2 saturated carbocycles. The van der Waals surface area contributed by atoms with Gasteiger partial charge in [-0.3, -0.25) is 14.5 Å². The molecule has 7 heteroatoms. The van der Waals surface area contributed by atoms with Crippen LogP contribution in [-0.4, -0.2) is 64.6 Å². The number of likely N-dealkylation sites (tertiary alicyclic amines) is 1. The molecule has 1 N–H and O–H groups in total. The van der Waals surface area contributed by atoms with E-state index in [4.69, 9.17) is 9.47 Å². The maximum absolute atomic E-state index is 14.5. The number of aryl methyl sites for hydroxylation is 2. The minimum Gasteiger partial charge on any atom is -0.508 e. The molecule has 282 valence electrons. The molecule has 2 aliphatic heterocycles. The van der Waals surface area contributed by atoms with Gasteiger partial charge in [-0.15, -0.1) is 0 Å². The number of hydrogen-bond acceptors (Lipinski definition) is 6. The summed E-state index contributed by atoms with van der Waals surface area (Å²) in [6.45, 7) is 4.26. The lowest BCUT2D eigenvalue weighted by atomic mass is 9.50. The number of esters is 1. The van der Waals surface area contributed by atoms with Crippen molar-refractivity contribution in [3.8, 4) is 17.2 Å². The Hall–Kier alpha value is -3.84. The van der Waals surface area contributed by atoms with Crippen LogP contribution in [0.5, 0.6) is 17.2 Å².